The quantitative estimate of drug-likeness (QED) is 0.241. The summed E-state index contributed by atoms with van der Waals surface area (Å²) >= 11 is 6.98. The molecule has 0 aliphatic rings. The first-order chi connectivity index (χ1) is 17.0. The van der Waals surface area contributed by atoms with Crippen LogP contribution in [0.25, 0.3) is 10.8 Å². The third-order valence-corrected chi connectivity index (χ3v) is 7.22. The van der Waals surface area contributed by atoms with Gasteiger partial charge in [0.2, 0.25) is 0 Å². The van der Waals surface area contributed by atoms with Crippen molar-refractivity contribution in [2.45, 2.75) is 17.6 Å². The van der Waals surface area contributed by atoms with E-state index < -0.39 is 43.2 Å². The van der Waals surface area contributed by atoms with Gasteiger partial charge < -0.3 is 10.2 Å². The summed E-state index contributed by atoms with van der Waals surface area (Å²) < 4.78 is 78.8. The summed E-state index contributed by atoms with van der Waals surface area (Å²) in [5.41, 5.74) is 1.89. The van der Waals surface area contributed by atoms with Crippen LogP contribution in [0.15, 0.2) is 64.6 Å². The fourth-order valence-corrected chi connectivity index (χ4v) is 5.25. The molecule has 0 aliphatic heterocycles. The van der Waals surface area contributed by atoms with Crippen molar-refractivity contribution in [3.63, 3.8) is 0 Å². The number of rotatable bonds is 7. The molecule has 0 fully saturated rings. The van der Waals surface area contributed by atoms with Gasteiger partial charge in [-0.25, -0.2) is 14.2 Å². The molecular formula is C21H13ClF4N4O4S2. The van der Waals surface area contributed by atoms with Gasteiger partial charge in [0.1, 0.15) is 10.7 Å². The van der Waals surface area contributed by atoms with Gasteiger partial charge in [-0.3, -0.25) is 4.98 Å². The summed E-state index contributed by atoms with van der Waals surface area (Å²) in [6.07, 6.45) is -2.24. The molecule has 4 rings (SSSR count). The number of carbonyl (C=O) groups excluding carboxylic acids is 1. The van der Waals surface area contributed by atoms with E-state index in [1.165, 1.54) is 0 Å². The van der Waals surface area contributed by atoms with E-state index in [0.29, 0.717) is 6.07 Å². The van der Waals surface area contributed by atoms with Crippen LogP contribution in [0.3, 0.4) is 0 Å². The predicted octanol–water partition coefficient (Wildman–Crippen LogP) is 5.31. The van der Waals surface area contributed by atoms with Crippen LogP contribution in [0.4, 0.5) is 29.1 Å². The standard InChI is InChI=1S/C21H13ClF4N4O4S2/c22-15-6-18(36(32,33)30(19-10-35-11-29-19)34-20(31)21(24,25)26)16(23)7-17(15)28-8-13-3-1-2-12-4-5-27-9-14(12)13/h1-7,9-11,28H,8H2. The zero-order valence-corrected chi connectivity index (χ0v) is 20.1. The topological polar surface area (TPSA) is 101 Å². The molecule has 2 aromatic heterocycles. The van der Waals surface area contributed by atoms with E-state index in [1.54, 1.807) is 18.5 Å². The van der Waals surface area contributed by atoms with Crippen molar-refractivity contribution in [2.75, 3.05) is 9.79 Å². The molecule has 36 heavy (non-hydrogen) atoms. The van der Waals surface area contributed by atoms with Crippen LogP contribution in [0.2, 0.25) is 5.02 Å². The first-order valence-corrected chi connectivity index (χ1v) is 12.5. The average molecular weight is 561 g/mol. The van der Waals surface area contributed by atoms with Crippen LogP contribution in [-0.4, -0.2) is 30.5 Å². The number of hydrogen-bond donors (Lipinski definition) is 1. The monoisotopic (exact) mass is 560 g/mol. The molecule has 0 saturated heterocycles. The maximum absolute atomic E-state index is 15.0. The highest BCUT2D eigenvalue weighted by Gasteiger charge is 2.45. The Hall–Kier alpha value is -3.49. The van der Waals surface area contributed by atoms with Gasteiger partial charge in [-0.05, 0) is 29.1 Å². The van der Waals surface area contributed by atoms with Gasteiger partial charge in [0.25, 0.3) is 10.0 Å². The number of carbonyl (C=O) groups is 1. The van der Waals surface area contributed by atoms with Crippen molar-refractivity contribution >= 4 is 61.2 Å². The van der Waals surface area contributed by atoms with E-state index in [4.69, 9.17) is 11.6 Å². The lowest BCUT2D eigenvalue weighted by Gasteiger charge is -2.21. The number of benzene rings is 2. The van der Waals surface area contributed by atoms with Crippen molar-refractivity contribution in [1.29, 1.82) is 0 Å². The lowest BCUT2D eigenvalue weighted by atomic mass is 10.1. The summed E-state index contributed by atoms with van der Waals surface area (Å²) in [4.78, 5) is 21.9. The Kier molecular flexibility index (Phi) is 7.02. The molecule has 4 aromatic rings. The average Bonchev–Trinajstić information content (AvgIpc) is 3.36. The van der Waals surface area contributed by atoms with Crippen LogP contribution in [0.5, 0.6) is 0 Å². The van der Waals surface area contributed by atoms with Crippen molar-refractivity contribution in [3.05, 3.63) is 76.1 Å². The summed E-state index contributed by atoms with van der Waals surface area (Å²) in [5, 5.41) is 5.38. The Balaban J connectivity index is 1.65. The SMILES string of the molecule is O=C(ON(c1cscn1)S(=O)(=O)c1cc(Cl)c(NCc2cccc3ccncc23)cc1F)C(F)(F)F. The van der Waals surface area contributed by atoms with E-state index in [1.807, 2.05) is 18.2 Å². The molecule has 0 radical (unpaired) electrons. The molecule has 2 heterocycles. The van der Waals surface area contributed by atoms with Gasteiger partial charge in [0, 0.05) is 29.7 Å². The van der Waals surface area contributed by atoms with Crippen molar-refractivity contribution in [2.24, 2.45) is 0 Å². The fraction of sp³-hybridized carbons (Fsp3) is 0.0952. The van der Waals surface area contributed by atoms with Gasteiger partial charge in [-0.2, -0.15) is 21.6 Å². The predicted molar refractivity (Wildman–Crippen MR) is 124 cm³/mol. The van der Waals surface area contributed by atoms with Gasteiger partial charge in [0.05, 0.1) is 16.2 Å². The molecule has 0 unspecified atom stereocenters. The summed E-state index contributed by atoms with van der Waals surface area (Å²) in [6, 6.07) is 8.77. The number of sulfonamides is 1. The van der Waals surface area contributed by atoms with Crippen LogP contribution < -0.4 is 9.79 Å². The van der Waals surface area contributed by atoms with E-state index in [2.05, 4.69) is 20.1 Å². The van der Waals surface area contributed by atoms with Gasteiger partial charge in [-0.15, -0.1) is 11.3 Å². The molecule has 8 nitrogen and oxygen atoms in total. The molecule has 0 amide bonds. The Morgan fingerprint density at radius 3 is 2.69 bits per heavy atom. The van der Waals surface area contributed by atoms with Gasteiger partial charge in [0.15, 0.2) is 5.82 Å². The fourth-order valence-electron chi connectivity index (χ4n) is 3.11. The number of hydrogen-bond acceptors (Lipinski definition) is 8. The lowest BCUT2D eigenvalue weighted by Crippen LogP contribution is -2.39. The maximum atomic E-state index is 15.0. The van der Waals surface area contributed by atoms with E-state index in [9.17, 15) is 30.8 Å². The van der Waals surface area contributed by atoms with Crippen LogP contribution in [0, 0.1) is 5.82 Å². The minimum atomic E-state index is -5.52. The molecule has 0 spiro atoms. The first kappa shape index (κ1) is 25.6. The number of nitrogens with one attached hydrogen (secondary N) is 1. The normalized spacial score (nSPS) is 11.9. The minimum absolute atomic E-state index is 0.0153. The third-order valence-electron chi connectivity index (χ3n) is 4.76. The van der Waals surface area contributed by atoms with Crippen LogP contribution in [-0.2, 0) is 26.2 Å². The van der Waals surface area contributed by atoms with E-state index >= 15 is 0 Å². The van der Waals surface area contributed by atoms with Crippen LogP contribution in [0.1, 0.15) is 5.56 Å². The Labute approximate surface area is 210 Å². The van der Waals surface area contributed by atoms with Crippen molar-refractivity contribution in [3.8, 4) is 0 Å². The number of halogens is 5. The second kappa shape index (κ2) is 9.87. The smallest absolute Gasteiger partial charge is 0.380 e. The summed E-state index contributed by atoms with van der Waals surface area (Å²) in [5.74, 6) is -4.88. The first-order valence-electron chi connectivity index (χ1n) is 9.75. The maximum Gasteiger partial charge on any atom is 0.493 e. The zero-order chi connectivity index (χ0) is 26.1. The second-order valence-electron chi connectivity index (χ2n) is 7.09. The summed E-state index contributed by atoms with van der Waals surface area (Å²) in [7, 11) is -5.21. The minimum Gasteiger partial charge on any atom is -0.380 e. The number of fused-ring (bicyclic) bond motifs is 1. The molecule has 188 valence electrons. The highest BCUT2D eigenvalue weighted by Crippen LogP contribution is 2.33. The Morgan fingerprint density at radius 1 is 1.22 bits per heavy atom. The number of aromatic nitrogens is 2. The zero-order valence-electron chi connectivity index (χ0n) is 17.7. The Bertz CT molecular complexity index is 1530. The molecule has 0 bridgehead atoms. The lowest BCUT2D eigenvalue weighted by molar-refractivity contribution is -0.199. The van der Waals surface area contributed by atoms with E-state index in [0.717, 1.165) is 44.6 Å². The second-order valence-corrected chi connectivity index (χ2v) is 9.93. The highest BCUT2D eigenvalue weighted by atomic mass is 35.5. The number of nitrogens with zero attached hydrogens (tertiary/aromatic N) is 3. The number of pyridine rings is 1. The van der Waals surface area contributed by atoms with Gasteiger partial charge in [-0.1, -0.05) is 34.3 Å². The molecule has 15 heteroatoms. The number of thiazole rings is 1. The highest BCUT2D eigenvalue weighted by molar-refractivity contribution is 7.92. The largest absolute Gasteiger partial charge is 0.493 e. The third kappa shape index (κ3) is 5.20. The van der Waals surface area contributed by atoms with Crippen molar-refractivity contribution < 1.29 is 35.6 Å². The molecule has 0 saturated carbocycles. The number of anilines is 2. The number of alkyl halides is 3. The molecule has 0 aliphatic carbocycles. The molecular weight excluding hydrogens is 548 g/mol. The Morgan fingerprint density at radius 2 is 2.00 bits per heavy atom. The van der Waals surface area contributed by atoms with E-state index in [-0.39, 0.29) is 17.3 Å². The van der Waals surface area contributed by atoms with Crippen LogP contribution >= 0.6 is 22.9 Å². The molecule has 2 aromatic carbocycles. The van der Waals surface area contributed by atoms with Gasteiger partial charge >= 0.3 is 12.1 Å². The van der Waals surface area contributed by atoms with Crippen molar-refractivity contribution in [1.82, 2.24) is 9.97 Å². The molecule has 0 atom stereocenters. The molecule has 1 N–H and O–H groups in total. The summed E-state index contributed by atoms with van der Waals surface area (Å²) in [6.45, 7) is 0.169.